The number of aromatic nitrogens is 1. The van der Waals surface area contributed by atoms with Crippen molar-refractivity contribution >= 4 is 23.5 Å². The van der Waals surface area contributed by atoms with Crippen molar-refractivity contribution < 1.29 is 15.0 Å². The lowest BCUT2D eigenvalue weighted by Crippen LogP contribution is -2.45. The first-order chi connectivity index (χ1) is 11.6. The summed E-state index contributed by atoms with van der Waals surface area (Å²) in [6, 6.07) is 8.87. The van der Waals surface area contributed by atoms with E-state index in [1.165, 1.54) is 4.90 Å². The predicted molar refractivity (Wildman–Crippen MR) is 92.5 cm³/mol. The van der Waals surface area contributed by atoms with Gasteiger partial charge < -0.3 is 15.1 Å². The Kier molecular flexibility index (Phi) is 4.22. The van der Waals surface area contributed by atoms with Crippen molar-refractivity contribution in [3.05, 3.63) is 59.5 Å². The molecule has 1 aromatic carbocycles. The maximum Gasteiger partial charge on any atom is 0.218 e. The second kappa shape index (κ2) is 6.33. The van der Waals surface area contributed by atoms with Crippen molar-refractivity contribution in [2.75, 3.05) is 16.3 Å². The van der Waals surface area contributed by atoms with Gasteiger partial charge >= 0.3 is 0 Å². The summed E-state index contributed by atoms with van der Waals surface area (Å²) in [7, 11) is 0. The molecule has 1 aliphatic heterocycles. The van der Waals surface area contributed by atoms with Crippen molar-refractivity contribution in [3.8, 4) is 0 Å². The number of anilines is 2. The number of hydrogen-bond donors (Lipinski definition) is 2. The van der Waals surface area contributed by atoms with E-state index in [1.807, 2.05) is 26.0 Å². The molecule has 1 atom stereocenters. The van der Waals surface area contributed by atoms with Gasteiger partial charge in [0.2, 0.25) is 6.41 Å². The van der Waals surface area contributed by atoms with Crippen LogP contribution in [0, 0.1) is 6.92 Å². The molecule has 0 spiro atoms. The molecule has 2 heterocycles. The van der Waals surface area contributed by atoms with Gasteiger partial charge in [-0.25, -0.2) is 0 Å². The quantitative estimate of drug-likeness (QED) is 0.844. The second-order valence-electron chi connectivity index (χ2n) is 5.59. The number of amides is 1. The van der Waals surface area contributed by atoms with Gasteiger partial charge in [0.1, 0.15) is 11.5 Å². The molecule has 0 saturated heterocycles. The van der Waals surface area contributed by atoms with Gasteiger partial charge in [-0.05, 0) is 43.7 Å². The number of likely N-dealkylation sites (N-methyl/N-ethyl adjacent to an activating group) is 1. The average molecular weight is 325 g/mol. The molecule has 0 radical (unpaired) electrons. The number of carbonyl (C=O) groups is 1. The molecule has 6 heteroatoms. The lowest BCUT2D eigenvalue weighted by molar-refractivity contribution is -0.107. The SMILES string of the molecule is CCN1c2cc(C)ccc2C(O)=C(N(C=O)c2ccncc2)C1O. The predicted octanol–water partition coefficient (Wildman–Crippen LogP) is 2.44. The van der Waals surface area contributed by atoms with E-state index >= 15 is 0 Å². The molecule has 0 bridgehead atoms. The number of rotatable bonds is 4. The van der Waals surface area contributed by atoms with Crippen molar-refractivity contribution in [1.82, 2.24) is 4.98 Å². The highest BCUT2D eigenvalue weighted by molar-refractivity contribution is 5.89. The minimum Gasteiger partial charge on any atom is -0.505 e. The molecule has 2 aromatic rings. The third-order valence-electron chi connectivity index (χ3n) is 4.15. The zero-order chi connectivity index (χ0) is 17.3. The van der Waals surface area contributed by atoms with Gasteiger partial charge in [-0.3, -0.25) is 14.7 Å². The Hall–Kier alpha value is -2.86. The fraction of sp³-hybridized carbons (Fsp3) is 0.222. The van der Waals surface area contributed by atoms with Crippen LogP contribution in [-0.2, 0) is 4.79 Å². The van der Waals surface area contributed by atoms with Crippen LogP contribution in [0.2, 0.25) is 0 Å². The fourth-order valence-corrected chi connectivity index (χ4v) is 2.96. The first-order valence-corrected chi connectivity index (χ1v) is 7.72. The van der Waals surface area contributed by atoms with Crippen molar-refractivity contribution in [1.29, 1.82) is 0 Å². The minimum atomic E-state index is -1.14. The molecule has 1 aromatic heterocycles. The Morgan fingerprint density at radius 2 is 2.00 bits per heavy atom. The molecule has 0 aliphatic carbocycles. The van der Waals surface area contributed by atoms with Crippen LogP contribution in [0.25, 0.3) is 5.76 Å². The Bertz CT molecular complexity index is 789. The molecule has 6 nitrogen and oxygen atoms in total. The summed E-state index contributed by atoms with van der Waals surface area (Å²) in [5, 5.41) is 21.5. The van der Waals surface area contributed by atoms with Crippen molar-refractivity contribution in [2.24, 2.45) is 0 Å². The van der Waals surface area contributed by atoms with Gasteiger partial charge in [0.05, 0.1) is 11.4 Å². The van der Waals surface area contributed by atoms with E-state index in [4.69, 9.17) is 0 Å². The van der Waals surface area contributed by atoms with E-state index in [0.717, 1.165) is 11.3 Å². The lowest BCUT2D eigenvalue weighted by atomic mass is 10.00. The first-order valence-electron chi connectivity index (χ1n) is 7.72. The summed E-state index contributed by atoms with van der Waals surface area (Å²) >= 11 is 0. The highest BCUT2D eigenvalue weighted by atomic mass is 16.3. The maximum absolute atomic E-state index is 11.7. The number of carbonyl (C=O) groups excluding carboxylic acids is 1. The zero-order valence-corrected chi connectivity index (χ0v) is 13.5. The normalized spacial score (nSPS) is 16.8. The summed E-state index contributed by atoms with van der Waals surface area (Å²) in [6.45, 7) is 4.38. The zero-order valence-electron chi connectivity index (χ0n) is 13.5. The Morgan fingerprint density at radius 1 is 1.29 bits per heavy atom. The van der Waals surface area contributed by atoms with E-state index < -0.39 is 6.23 Å². The second-order valence-corrected chi connectivity index (χ2v) is 5.59. The third kappa shape index (κ3) is 2.51. The van der Waals surface area contributed by atoms with Crippen LogP contribution in [0.5, 0.6) is 0 Å². The molecule has 1 amide bonds. The number of aliphatic hydroxyl groups excluding tert-OH is 2. The summed E-state index contributed by atoms with van der Waals surface area (Å²) in [5.74, 6) is -0.105. The summed E-state index contributed by atoms with van der Waals surface area (Å²) in [5.41, 5.74) is 3.01. The number of nitrogens with zero attached hydrogens (tertiary/aromatic N) is 3. The van der Waals surface area contributed by atoms with E-state index in [9.17, 15) is 15.0 Å². The molecule has 1 aliphatic rings. The maximum atomic E-state index is 11.7. The largest absolute Gasteiger partial charge is 0.505 e. The van der Waals surface area contributed by atoms with Crippen molar-refractivity contribution in [3.63, 3.8) is 0 Å². The van der Waals surface area contributed by atoms with Crippen LogP contribution in [0.3, 0.4) is 0 Å². The van der Waals surface area contributed by atoms with E-state index in [0.29, 0.717) is 24.2 Å². The molecular formula is C18H19N3O3. The summed E-state index contributed by atoms with van der Waals surface area (Å²) in [4.78, 5) is 18.6. The van der Waals surface area contributed by atoms with Crippen LogP contribution in [-0.4, -0.2) is 34.4 Å². The van der Waals surface area contributed by atoms with Crippen molar-refractivity contribution in [2.45, 2.75) is 20.1 Å². The summed E-state index contributed by atoms with van der Waals surface area (Å²) in [6.07, 6.45) is 2.54. The van der Waals surface area contributed by atoms with Gasteiger partial charge in [0, 0.05) is 24.5 Å². The molecular weight excluding hydrogens is 306 g/mol. The monoisotopic (exact) mass is 325 g/mol. The fourth-order valence-electron chi connectivity index (χ4n) is 2.96. The number of benzene rings is 1. The molecule has 124 valence electrons. The molecule has 0 fully saturated rings. The lowest BCUT2D eigenvalue weighted by Gasteiger charge is -2.39. The smallest absolute Gasteiger partial charge is 0.218 e. The highest BCUT2D eigenvalue weighted by Crippen LogP contribution is 2.38. The first kappa shape index (κ1) is 16.0. The van der Waals surface area contributed by atoms with Crippen LogP contribution in [0.1, 0.15) is 18.1 Å². The van der Waals surface area contributed by atoms with E-state index in [2.05, 4.69) is 4.98 Å². The van der Waals surface area contributed by atoms with Crippen LogP contribution < -0.4 is 9.80 Å². The van der Waals surface area contributed by atoms with Gasteiger partial charge in [0.15, 0.2) is 6.23 Å². The average Bonchev–Trinajstić information content (AvgIpc) is 2.59. The molecule has 2 N–H and O–H groups in total. The van der Waals surface area contributed by atoms with Crippen LogP contribution in [0.15, 0.2) is 48.4 Å². The van der Waals surface area contributed by atoms with Gasteiger partial charge in [-0.15, -0.1) is 0 Å². The Morgan fingerprint density at radius 3 is 2.62 bits per heavy atom. The van der Waals surface area contributed by atoms with Crippen LogP contribution >= 0.6 is 0 Å². The van der Waals surface area contributed by atoms with Crippen LogP contribution in [0.4, 0.5) is 11.4 Å². The molecule has 0 saturated carbocycles. The number of fused-ring (bicyclic) bond motifs is 1. The molecule has 3 rings (SSSR count). The van der Waals surface area contributed by atoms with E-state index in [1.54, 1.807) is 35.5 Å². The Balaban J connectivity index is 2.20. The van der Waals surface area contributed by atoms with Gasteiger partial charge in [-0.2, -0.15) is 0 Å². The number of aliphatic hydroxyl groups is 2. The Labute approximate surface area is 140 Å². The molecule has 24 heavy (non-hydrogen) atoms. The number of pyridine rings is 1. The topological polar surface area (TPSA) is 76.9 Å². The standard InChI is InChI=1S/C18H19N3O3/c1-3-20-15-10-12(2)4-5-14(15)17(23)16(18(20)24)21(11-22)13-6-8-19-9-7-13/h4-11,18,23-24H,3H2,1-2H3. The van der Waals surface area contributed by atoms with Gasteiger partial charge in [0.25, 0.3) is 0 Å². The summed E-state index contributed by atoms with van der Waals surface area (Å²) < 4.78 is 0. The number of hydrogen-bond acceptors (Lipinski definition) is 5. The third-order valence-corrected chi connectivity index (χ3v) is 4.15. The number of aryl methyl sites for hydroxylation is 1. The molecule has 1 unspecified atom stereocenters. The van der Waals surface area contributed by atoms with Gasteiger partial charge in [-0.1, -0.05) is 6.07 Å². The van der Waals surface area contributed by atoms with E-state index in [-0.39, 0.29) is 11.5 Å². The highest BCUT2D eigenvalue weighted by Gasteiger charge is 2.35. The minimum absolute atomic E-state index is 0.105.